The number of thiophene rings is 3. The summed E-state index contributed by atoms with van der Waals surface area (Å²) in [7, 11) is -2.90. The smallest absolute Gasteiger partial charge is 0.180 e. The normalized spacial score (nSPS) is 15.8. The quantitative estimate of drug-likeness (QED) is 0.159. The van der Waals surface area contributed by atoms with Gasteiger partial charge in [-0.05, 0) is 190 Å². The molecule has 1 nitrogen and oxygen atoms in total. The summed E-state index contributed by atoms with van der Waals surface area (Å²) in [6.07, 6.45) is 4.65. The second kappa shape index (κ2) is 14.5. The van der Waals surface area contributed by atoms with Crippen LogP contribution >= 0.6 is 34.0 Å². The summed E-state index contributed by atoms with van der Waals surface area (Å²) in [6, 6.07) is 65.5. The number of anilines is 3. The van der Waals surface area contributed by atoms with Crippen molar-refractivity contribution in [3.63, 3.8) is 0 Å². The molecule has 3 aromatic heterocycles. The molecule has 5 heterocycles. The average molecular weight is 1030 g/mol. The van der Waals surface area contributed by atoms with Crippen LogP contribution in [-0.4, -0.2) is 8.07 Å². The van der Waals surface area contributed by atoms with Gasteiger partial charge in [0.05, 0.1) is 27.2 Å². The van der Waals surface area contributed by atoms with E-state index in [4.69, 9.17) is 0 Å². The van der Waals surface area contributed by atoms with E-state index in [0.29, 0.717) is 0 Å². The van der Waals surface area contributed by atoms with Crippen molar-refractivity contribution in [1.82, 2.24) is 0 Å². The van der Waals surface area contributed by atoms with Crippen molar-refractivity contribution in [2.75, 3.05) is 4.90 Å². The lowest BCUT2D eigenvalue weighted by molar-refractivity contribution is 0.632. The van der Waals surface area contributed by atoms with Crippen LogP contribution in [0.4, 0.5) is 17.1 Å². The Morgan fingerprint density at radius 1 is 0.427 bits per heavy atom. The van der Waals surface area contributed by atoms with E-state index in [1.807, 2.05) is 34.0 Å². The van der Waals surface area contributed by atoms with Gasteiger partial charge in [-0.3, -0.25) is 0 Å². The molecule has 9 aromatic carbocycles. The molecule has 5 heteroatoms. The van der Waals surface area contributed by atoms with E-state index in [9.17, 15) is 0 Å². The van der Waals surface area contributed by atoms with Gasteiger partial charge in [0.2, 0.25) is 0 Å². The van der Waals surface area contributed by atoms with Gasteiger partial charge in [-0.2, -0.15) is 0 Å². The standard InChI is InChI=1S/C70H49NS3Si/c1-38-18-24-44(34-40(38)3)75(45-25-19-39(2)41(4)35-45)60-17-10-7-12-46(60)50-36-56-59(37-61(50)75)71(57-15-9-8-14-51(57)69(56,5)6)58-16-11-13-47-48-27-29-53-64(66(48)74-65(47)58)49-26-22-42-20-21-43-23-28-52(63(49)62(42)43)70(53)54-30-32-72-67(54)68-55(70)31-33-73-68/h7-37H,1-6H3. The largest absolute Gasteiger partial charge is 0.308 e. The number of para-hydroxylation sites is 1. The molecule has 0 N–H and O–H groups in total. The summed E-state index contributed by atoms with van der Waals surface area (Å²) in [6.45, 7) is 14.0. The first-order valence-corrected chi connectivity index (χ1v) is 31.0. The number of fused-ring (bicyclic) bond motifs is 18. The van der Waals surface area contributed by atoms with Gasteiger partial charge in [0.1, 0.15) is 0 Å². The molecule has 1 spiro atoms. The van der Waals surface area contributed by atoms with E-state index in [1.54, 1.807) is 0 Å². The van der Waals surface area contributed by atoms with Gasteiger partial charge >= 0.3 is 0 Å². The fourth-order valence-electron chi connectivity index (χ4n) is 15.0. The van der Waals surface area contributed by atoms with E-state index in [1.165, 1.54) is 168 Å². The summed E-state index contributed by atoms with van der Waals surface area (Å²) >= 11 is 5.82. The second-order valence-corrected chi connectivity index (χ2v) is 29.1. The van der Waals surface area contributed by atoms with E-state index in [2.05, 4.69) is 233 Å². The first-order chi connectivity index (χ1) is 36.6. The Balaban J connectivity index is 0.973. The van der Waals surface area contributed by atoms with Crippen LogP contribution in [-0.2, 0) is 10.8 Å². The summed E-state index contributed by atoms with van der Waals surface area (Å²) in [5.74, 6) is 0. The lowest BCUT2D eigenvalue weighted by Crippen LogP contribution is -2.73. The highest BCUT2D eigenvalue weighted by Gasteiger charge is 2.54. The number of nitrogens with zero attached hydrogens (tertiary/aromatic N) is 1. The summed E-state index contributed by atoms with van der Waals surface area (Å²) in [5.41, 5.74) is 25.0. The predicted octanol–water partition coefficient (Wildman–Crippen LogP) is 16.9. The highest BCUT2D eigenvalue weighted by molar-refractivity contribution is 7.27. The van der Waals surface area contributed by atoms with Crippen molar-refractivity contribution in [2.24, 2.45) is 0 Å². The van der Waals surface area contributed by atoms with Gasteiger partial charge in [0, 0.05) is 36.2 Å². The Morgan fingerprint density at radius 2 is 1.08 bits per heavy atom. The molecule has 0 fully saturated rings. The molecular weight excluding hydrogens is 979 g/mol. The van der Waals surface area contributed by atoms with E-state index in [0.717, 1.165) is 0 Å². The number of benzene rings is 9. The van der Waals surface area contributed by atoms with Gasteiger partial charge in [0.15, 0.2) is 8.07 Å². The molecule has 0 bridgehead atoms. The third-order valence-corrected chi connectivity index (χ3v) is 26.8. The Kier molecular flexibility index (Phi) is 8.30. The van der Waals surface area contributed by atoms with E-state index >= 15 is 0 Å². The first-order valence-electron chi connectivity index (χ1n) is 26.4. The molecule has 75 heavy (non-hydrogen) atoms. The van der Waals surface area contributed by atoms with Crippen LogP contribution in [0.2, 0.25) is 0 Å². The monoisotopic (exact) mass is 1030 g/mol. The number of hydrogen-bond acceptors (Lipinski definition) is 4. The third-order valence-electron chi connectivity index (χ3n) is 18.8. The maximum Gasteiger partial charge on any atom is 0.180 e. The van der Waals surface area contributed by atoms with Crippen molar-refractivity contribution >= 4 is 123 Å². The van der Waals surface area contributed by atoms with Crippen molar-refractivity contribution < 1.29 is 0 Å². The van der Waals surface area contributed by atoms with Crippen LogP contribution in [0.1, 0.15) is 80.6 Å². The fourth-order valence-corrected chi connectivity index (χ4v) is 23.8. The predicted molar refractivity (Wildman–Crippen MR) is 326 cm³/mol. The zero-order valence-corrected chi connectivity index (χ0v) is 46.0. The van der Waals surface area contributed by atoms with Crippen molar-refractivity contribution in [3.05, 3.63) is 241 Å². The van der Waals surface area contributed by atoms with Crippen LogP contribution in [0.15, 0.2) is 175 Å². The third kappa shape index (κ3) is 5.05. The van der Waals surface area contributed by atoms with Crippen molar-refractivity contribution in [2.45, 2.75) is 52.4 Å². The highest BCUT2D eigenvalue weighted by atomic mass is 32.1. The fraction of sp³-hybridized carbons (Fsp3) is 0.114. The second-order valence-electron chi connectivity index (χ2n) is 22.5. The topological polar surface area (TPSA) is 3.24 Å². The molecule has 0 amide bonds. The summed E-state index contributed by atoms with van der Waals surface area (Å²) in [4.78, 5) is 5.54. The minimum atomic E-state index is -2.90. The van der Waals surface area contributed by atoms with Crippen LogP contribution in [0.3, 0.4) is 0 Å². The molecule has 2 aliphatic heterocycles. The Morgan fingerprint density at radius 3 is 1.81 bits per heavy atom. The number of hydrogen-bond donors (Lipinski definition) is 0. The summed E-state index contributed by atoms with van der Waals surface area (Å²) in [5, 5.41) is 16.0. The van der Waals surface area contributed by atoms with Crippen LogP contribution < -0.4 is 25.6 Å². The Bertz CT molecular complexity index is 4540. The van der Waals surface area contributed by atoms with E-state index < -0.39 is 13.5 Å². The Hall–Kier alpha value is -7.38. The minimum Gasteiger partial charge on any atom is -0.308 e. The molecule has 17 rings (SSSR count). The molecule has 5 aliphatic rings. The Labute approximate surface area is 450 Å². The molecule has 0 radical (unpaired) electrons. The minimum absolute atomic E-state index is 0.272. The van der Waals surface area contributed by atoms with Gasteiger partial charge in [0.25, 0.3) is 0 Å². The van der Waals surface area contributed by atoms with Crippen molar-refractivity contribution in [1.29, 1.82) is 0 Å². The maximum atomic E-state index is 2.69. The van der Waals surface area contributed by atoms with E-state index in [-0.39, 0.29) is 5.41 Å². The molecular formula is C70H49NS3Si. The molecule has 0 atom stereocenters. The maximum absolute atomic E-state index is 2.90. The number of aryl methyl sites for hydroxylation is 4. The van der Waals surface area contributed by atoms with Gasteiger partial charge < -0.3 is 4.90 Å². The molecule has 0 saturated heterocycles. The highest BCUT2D eigenvalue weighted by Crippen LogP contribution is 2.66. The van der Waals surface area contributed by atoms with Crippen LogP contribution in [0, 0.1) is 27.7 Å². The zero-order chi connectivity index (χ0) is 50.0. The SMILES string of the molecule is Cc1ccc([Si]2(c3ccc(C)c(C)c3)c3ccccc3-c3cc4c(cc32)N(c2cccc3c2sc2c5c(ccc23)C2(c3ccsc3-c3sccc32)c2ccc3c6c(ccc-5c26)C=C3)c2ccccc2C4(C)C)cc1C. The molecule has 0 unspecified atom stereocenters. The lowest BCUT2D eigenvalue weighted by atomic mass is 9.61. The molecule has 356 valence electrons. The van der Waals surface area contributed by atoms with Crippen molar-refractivity contribution in [3.8, 4) is 32.0 Å². The molecule has 12 aromatic rings. The number of rotatable bonds is 3. The van der Waals surface area contributed by atoms with Gasteiger partial charge in [-0.1, -0.05) is 153 Å². The van der Waals surface area contributed by atoms with Crippen LogP contribution in [0.25, 0.3) is 75.1 Å². The van der Waals surface area contributed by atoms with Gasteiger partial charge in [-0.15, -0.1) is 34.0 Å². The first kappa shape index (κ1) is 42.9. The molecule has 3 aliphatic carbocycles. The summed E-state index contributed by atoms with van der Waals surface area (Å²) < 4.78 is 2.70. The van der Waals surface area contributed by atoms with Gasteiger partial charge in [-0.25, -0.2) is 0 Å². The lowest BCUT2D eigenvalue weighted by Gasteiger charge is -2.43. The van der Waals surface area contributed by atoms with Crippen LogP contribution in [0.5, 0.6) is 0 Å². The average Bonchev–Trinajstić information content (AvgIpc) is 4.43. The molecule has 0 saturated carbocycles. The zero-order valence-electron chi connectivity index (χ0n) is 42.6.